The highest BCUT2D eigenvalue weighted by Gasteiger charge is 2.48. The van der Waals surface area contributed by atoms with Crippen LogP contribution in [-0.4, -0.2) is 32.1 Å². The van der Waals surface area contributed by atoms with E-state index in [2.05, 4.69) is 20.1 Å². The summed E-state index contributed by atoms with van der Waals surface area (Å²) >= 11 is 0. The summed E-state index contributed by atoms with van der Waals surface area (Å²) in [5.74, 6) is 0.241. The van der Waals surface area contributed by atoms with Crippen LogP contribution in [0.4, 0.5) is 5.82 Å². The van der Waals surface area contributed by atoms with Gasteiger partial charge in [0.05, 0.1) is 0 Å². The Kier molecular flexibility index (Phi) is 2.18. The van der Waals surface area contributed by atoms with Gasteiger partial charge in [0.1, 0.15) is 0 Å². The SMILES string of the molecule is Nc1nonc1C1=NOC2(CCCCC2)N1O. The lowest BCUT2D eigenvalue weighted by molar-refractivity contribution is -0.227. The van der Waals surface area contributed by atoms with Crippen LogP contribution in [0, 0.1) is 0 Å². The monoisotopic (exact) mass is 239 g/mol. The Balaban J connectivity index is 1.88. The molecule has 0 aromatic carbocycles. The Morgan fingerprint density at radius 3 is 2.65 bits per heavy atom. The first-order valence-electron chi connectivity index (χ1n) is 5.57. The zero-order valence-corrected chi connectivity index (χ0v) is 9.17. The van der Waals surface area contributed by atoms with Gasteiger partial charge in [-0.05, 0) is 23.2 Å². The highest BCUT2D eigenvalue weighted by Crippen LogP contribution is 2.38. The molecule has 2 heterocycles. The van der Waals surface area contributed by atoms with Crippen molar-refractivity contribution in [2.45, 2.75) is 37.8 Å². The third-order valence-electron chi connectivity index (χ3n) is 3.25. The average Bonchev–Trinajstić information content (AvgIpc) is 2.88. The Morgan fingerprint density at radius 1 is 1.24 bits per heavy atom. The number of aromatic nitrogens is 2. The van der Waals surface area contributed by atoms with Gasteiger partial charge in [0.25, 0.3) is 0 Å². The van der Waals surface area contributed by atoms with Crippen molar-refractivity contribution in [2.24, 2.45) is 5.16 Å². The van der Waals surface area contributed by atoms with Crippen LogP contribution in [0.3, 0.4) is 0 Å². The normalized spacial score (nSPS) is 22.6. The maximum atomic E-state index is 10.2. The number of hydrogen-bond donors (Lipinski definition) is 2. The largest absolute Gasteiger partial charge is 0.379 e. The second kappa shape index (κ2) is 3.59. The number of amidine groups is 1. The number of rotatable bonds is 1. The molecule has 0 bridgehead atoms. The molecule has 1 aromatic heterocycles. The van der Waals surface area contributed by atoms with Gasteiger partial charge in [-0.2, -0.15) is 5.06 Å². The number of anilines is 1. The second-order valence-electron chi connectivity index (χ2n) is 4.32. The van der Waals surface area contributed by atoms with Gasteiger partial charge in [-0.1, -0.05) is 11.6 Å². The third kappa shape index (κ3) is 1.44. The van der Waals surface area contributed by atoms with Crippen molar-refractivity contribution in [1.82, 2.24) is 15.4 Å². The van der Waals surface area contributed by atoms with Crippen LogP contribution in [0.2, 0.25) is 0 Å². The summed E-state index contributed by atoms with van der Waals surface area (Å²) in [6, 6.07) is 0. The standard InChI is InChI=1S/C9H13N5O3/c10-7-6(11-17-12-7)8-13-16-9(14(8)15)4-2-1-3-5-9/h15H,1-5H2,(H2,10,12). The second-order valence-corrected chi connectivity index (χ2v) is 4.32. The van der Waals surface area contributed by atoms with Crippen molar-refractivity contribution >= 4 is 11.7 Å². The highest BCUT2D eigenvalue weighted by molar-refractivity contribution is 6.00. The van der Waals surface area contributed by atoms with Crippen LogP contribution in [0.15, 0.2) is 9.78 Å². The fraction of sp³-hybridized carbons (Fsp3) is 0.667. The lowest BCUT2D eigenvalue weighted by Gasteiger charge is -2.35. The molecule has 1 aliphatic carbocycles. The van der Waals surface area contributed by atoms with Crippen LogP contribution in [0.1, 0.15) is 37.8 Å². The summed E-state index contributed by atoms with van der Waals surface area (Å²) in [6.45, 7) is 0. The quantitative estimate of drug-likeness (QED) is 0.741. The van der Waals surface area contributed by atoms with Crippen LogP contribution in [-0.2, 0) is 4.84 Å². The lowest BCUT2D eigenvalue weighted by Crippen LogP contribution is -2.48. The summed E-state index contributed by atoms with van der Waals surface area (Å²) in [5.41, 5.74) is 5.00. The van der Waals surface area contributed by atoms with Crippen molar-refractivity contribution in [3.63, 3.8) is 0 Å². The van der Waals surface area contributed by atoms with E-state index >= 15 is 0 Å². The van der Waals surface area contributed by atoms with Gasteiger partial charge < -0.3 is 10.6 Å². The van der Waals surface area contributed by atoms with Crippen LogP contribution >= 0.6 is 0 Å². The highest BCUT2D eigenvalue weighted by atomic mass is 16.7. The zero-order valence-electron chi connectivity index (χ0n) is 9.17. The molecule has 1 aromatic rings. The van der Waals surface area contributed by atoms with Crippen molar-refractivity contribution in [1.29, 1.82) is 0 Å². The molecule has 1 fully saturated rings. The Hall–Kier alpha value is -1.83. The van der Waals surface area contributed by atoms with E-state index in [1.54, 1.807) is 0 Å². The van der Waals surface area contributed by atoms with Gasteiger partial charge in [0, 0.05) is 12.8 Å². The van der Waals surface area contributed by atoms with E-state index in [1.165, 1.54) is 0 Å². The van der Waals surface area contributed by atoms with E-state index in [0.29, 0.717) is 0 Å². The molecule has 0 unspecified atom stereocenters. The number of nitrogens with two attached hydrogens (primary N) is 1. The van der Waals surface area contributed by atoms with E-state index in [-0.39, 0.29) is 17.3 Å². The summed E-state index contributed by atoms with van der Waals surface area (Å²) in [6.07, 6.45) is 4.57. The van der Waals surface area contributed by atoms with Crippen molar-refractivity contribution in [3.8, 4) is 0 Å². The molecule has 3 N–H and O–H groups in total. The van der Waals surface area contributed by atoms with Crippen molar-refractivity contribution in [3.05, 3.63) is 5.69 Å². The fourth-order valence-corrected chi connectivity index (χ4v) is 2.30. The van der Waals surface area contributed by atoms with Gasteiger partial charge in [-0.3, -0.25) is 5.21 Å². The minimum Gasteiger partial charge on any atom is -0.379 e. The molecule has 1 saturated carbocycles. The summed E-state index contributed by atoms with van der Waals surface area (Å²) in [7, 11) is 0. The Morgan fingerprint density at radius 2 is 2.00 bits per heavy atom. The zero-order chi connectivity index (χ0) is 11.9. The predicted molar refractivity (Wildman–Crippen MR) is 55.8 cm³/mol. The smallest absolute Gasteiger partial charge is 0.234 e. The maximum absolute atomic E-state index is 10.2. The summed E-state index contributed by atoms with van der Waals surface area (Å²) in [4.78, 5) is 5.38. The minimum absolute atomic E-state index is 0.0826. The molecule has 2 aliphatic rings. The Labute approximate surface area is 96.9 Å². The molecule has 17 heavy (non-hydrogen) atoms. The molecular formula is C9H13N5O3. The predicted octanol–water partition coefficient (Wildman–Crippen LogP) is 0.695. The van der Waals surface area contributed by atoms with Crippen molar-refractivity contribution < 1.29 is 14.7 Å². The fourth-order valence-electron chi connectivity index (χ4n) is 2.30. The molecule has 92 valence electrons. The van der Waals surface area contributed by atoms with E-state index < -0.39 is 5.72 Å². The number of hydroxylamine groups is 2. The minimum atomic E-state index is -0.765. The average molecular weight is 239 g/mol. The van der Waals surface area contributed by atoms with E-state index in [4.69, 9.17) is 10.6 Å². The van der Waals surface area contributed by atoms with E-state index in [0.717, 1.165) is 37.2 Å². The topological polar surface area (TPSA) is 110 Å². The number of nitrogens with zero attached hydrogens (tertiary/aromatic N) is 4. The van der Waals surface area contributed by atoms with Gasteiger partial charge in [-0.15, -0.1) is 0 Å². The maximum Gasteiger partial charge on any atom is 0.234 e. The van der Waals surface area contributed by atoms with Gasteiger partial charge in [-0.25, -0.2) is 4.63 Å². The molecule has 1 aliphatic heterocycles. The Bertz CT molecular complexity index is 451. The molecular weight excluding hydrogens is 226 g/mol. The molecule has 3 rings (SSSR count). The lowest BCUT2D eigenvalue weighted by atomic mass is 9.91. The molecule has 0 amide bonds. The van der Waals surface area contributed by atoms with Crippen LogP contribution in [0.25, 0.3) is 0 Å². The first-order chi connectivity index (χ1) is 8.23. The molecule has 0 radical (unpaired) electrons. The third-order valence-corrected chi connectivity index (χ3v) is 3.25. The van der Waals surface area contributed by atoms with E-state index in [9.17, 15) is 5.21 Å². The first kappa shape index (κ1) is 10.3. The molecule has 0 saturated heterocycles. The van der Waals surface area contributed by atoms with Gasteiger partial charge >= 0.3 is 0 Å². The van der Waals surface area contributed by atoms with Crippen LogP contribution in [0.5, 0.6) is 0 Å². The molecule has 8 nitrogen and oxygen atoms in total. The number of oxime groups is 1. The summed E-state index contributed by atoms with van der Waals surface area (Å²) < 4.78 is 4.48. The first-order valence-corrected chi connectivity index (χ1v) is 5.57. The van der Waals surface area contributed by atoms with Gasteiger partial charge in [0.15, 0.2) is 11.5 Å². The summed E-state index contributed by atoms with van der Waals surface area (Å²) in [5, 5.41) is 22.1. The van der Waals surface area contributed by atoms with Crippen molar-refractivity contribution in [2.75, 3.05) is 5.73 Å². The van der Waals surface area contributed by atoms with Gasteiger partial charge in [0.2, 0.25) is 11.6 Å². The molecule has 0 atom stereocenters. The van der Waals surface area contributed by atoms with Crippen LogP contribution < -0.4 is 5.73 Å². The number of nitrogen functional groups attached to an aromatic ring is 1. The molecule has 1 spiro atoms. The molecule has 8 heteroatoms. The van der Waals surface area contributed by atoms with E-state index in [1.807, 2.05) is 0 Å². The number of hydrogen-bond acceptors (Lipinski definition) is 8.